The molecule has 2 aliphatic rings. The fraction of sp³-hybridized carbons (Fsp3) is 1.00. The van der Waals surface area contributed by atoms with E-state index >= 15 is 0 Å². The van der Waals surface area contributed by atoms with E-state index in [1.165, 1.54) is 23.5 Å². The Balaban J connectivity index is 2.04. The normalized spacial score (nSPS) is 31.5. The van der Waals surface area contributed by atoms with E-state index in [2.05, 4.69) is 10.0 Å². The molecule has 0 unspecified atom stereocenters. The molecule has 0 saturated carbocycles. The molecule has 0 amide bonds. The van der Waals surface area contributed by atoms with Crippen molar-refractivity contribution < 1.29 is 0 Å². The van der Waals surface area contributed by atoms with Crippen LogP contribution in [0.15, 0.2) is 0 Å². The first-order valence-corrected chi connectivity index (χ1v) is 4.93. The molecule has 2 heterocycles. The molecule has 0 spiro atoms. The van der Waals surface area contributed by atoms with E-state index in [0.29, 0.717) is 0 Å². The minimum atomic E-state index is 1.22. The highest BCUT2D eigenvalue weighted by Gasteiger charge is 2.26. The van der Waals surface area contributed by atoms with Gasteiger partial charge < -0.3 is 0 Å². The standard InChI is InChI=1S/C4H8N2S2/c1-5-2-8-4-6(5)3-7-1/h1-4H2. The number of rotatable bonds is 0. The van der Waals surface area contributed by atoms with Gasteiger partial charge in [-0.25, -0.2) is 10.0 Å². The third-order valence-electron chi connectivity index (χ3n) is 1.36. The minimum Gasteiger partial charge on any atom is -0.220 e. The number of hydrazine groups is 1. The van der Waals surface area contributed by atoms with Gasteiger partial charge in [0.05, 0.1) is 23.5 Å². The van der Waals surface area contributed by atoms with Crippen LogP contribution in [0.2, 0.25) is 0 Å². The van der Waals surface area contributed by atoms with E-state index in [0.717, 1.165) is 0 Å². The maximum Gasteiger partial charge on any atom is 0.0613 e. The molecular weight excluding hydrogens is 140 g/mol. The van der Waals surface area contributed by atoms with Crippen molar-refractivity contribution in [1.29, 1.82) is 0 Å². The Hall–Kier alpha value is 0.620. The van der Waals surface area contributed by atoms with Gasteiger partial charge in [0.1, 0.15) is 0 Å². The van der Waals surface area contributed by atoms with Crippen molar-refractivity contribution in [3.05, 3.63) is 0 Å². The van der Waals surface area contributed by atoms with Crippen LogP contribution in [0.4, 0.5) is 0 Å². The van der Waals surface area contributed by atoms with Gasteiger partial charge in [0.15, 0.2) is 0 Å². The molecule has 0 aromatic heterocycles. The van der Waals surface area contributed by atoms with Crippen LogP contribution in [0.25, 0.3) is 0 Å². The third kappa shape index (κ3) is 0.757. The number of hydrogen-bond donors (Lipinski definition) is 0. The third-order valence-corrected chi connectivity index (χ3v) is 3.28. The maximum atomic E-state index is 2.40. The molecule has 0 N–H and O–H groups in total. The van der Waals surface area contributed by atoms with E-state index in [1.807, 2.05) is 23.5 Å². The van der Waals surface area contributed by atoms with Gasteiger partial charge >= 0.3 is 0 Å². The quantitative estimate of drug-likeness (QED) is 0.502. The highest BCUT2D eigenvalue weighted by molar-refractivity contribution is 8.00. The second-order valence-corrected chi connectivity index (χ2v) is 3.79. The van der Waals surface area contributed by atoms with Gasteiger partial charge in [-0.1, -0.05) is 0 Å². The van der Waals surface area contributed by atoms with Crippen molar-refractivity contribution in [2.45, 2.75) is 0 Å². The van der Waals surface area contributed by atoms with Crippen LogP contribution in [0.5, 0.6) is 0 Å². The van der Waals surface area contributed by atoms with Gasteiger partial charge in [-0.2, -0.15) is 0 Å². The van der Waals surface area contributed by atoms with Crippen LogP contribution in [0.1, 0.15) is 0 Å². The van der Waals surface area contributed by atoms with Crippen LogP contribution < -0.4 is 0 Å². The Labute approximate surface area is 57.6 Å². The molecule has 46 valence electrons. The Bertz CT molecular complexity index is 78.0. The second-order valence-electron chi connectivity index (χ2n) is 1.94. The first-order chi connectivity index (χ1) is 3.97. The van der Waals surface area contributed by atoms with Crippen molar-refractivity contribution in [3.8, 4) is 0 Å². The Morgan fingerprint density at radius 1 is 0.750 bits per heavy atom. The summed E-state index contributed by atoms with van der Waals surface area (Å²) in [6, 6.07) is 0. The summed E-state index contributed by atoms with van der Waals surface area (Å²) >= 11 is 4.01. The monoisotopic (exact) mass is 148 g/mol. The molecule has 0 aliphatic carbocycles. The number of nitrogens with zero attached hydrogens (tertiary/aromatic N) is 2. The Morgan fingerprint density at radius 3 is 1.50 bits per heavy atom. The number of hydrogen-bond acceptors (Lipinski definition) is 4. The summed E-state index contributed by atoms with van der Waals surface area (Å²) in [7, 11) is 0. The van der Waals surface area contributed by atoms with Gasteiger partial charge in [0.25, 0.3) is 0 Å². The van der Waals surface area contributed by atoms with Crippen molar-refractivity contribution in [2.75, 3.05) is 23.5 Å². The average molecular weight is 148 g/mol. The summed E-state index contributed by atoms with van der Waals surface area (Å²) in [5, 5.41) is 4.80. The Kier molecular flexibility index (Phi) is 1.42. The summed E-state index contributed by atoms with van der Waals surface area (Å²) in [5.74, 6) is 4.86. The molecule has 2 aliphatic heterocycles. The van der Waals surface area contributed by atoms with Gasteiger partial charge in [-0.05, 0) is 0 Å². The van der Waals surface area contributed by atoms with E-state index < -0.39 is 0 Å². The molecular formula is C4H8N2S2. The first kappa shape index (κ1) is 5.41. The van der Waals surface area contributed by atoms with E-state index in [-0.39, 0.29) is 0 Å². The van der Waals surface area contributed by atoms with Crippen molar-refractivity contribution in [1.82, 2.24) is 10.0 Å². The van der Waals surface area contributed by atoms with E-state index in [1.54, 1.807) is 0 Å². The van der Waals surface area contributed by atoms with E-state index in [9.17, 15) is 0 Å². The molecule has 0 radical (unpaired) electrons. The molecule has 2 saturated heterocycles. The van der Waals surface area contributed by atoms with Gasteiger partial charge in [-0.3, -0.25) is 0 Å². The van der Waals surface area contributed by atoms with Crippen LogP contribution in [-0.2, 0) is 0 Å². The number of thioether (sulfide) groups is 2. The molecule has 0 atom stereocenters. The van der Waals surface area contributed by atoms with Gasteiger partial charge in [-0.15, -0.1) is 23.5 Å². The lowest BCUT2D eigenvalue weighted by Gasteiger charge is -2.13. The van der Waals surface area contributed by atoms with Crippen LogP contribution in [0.3, 0.4) is 0 Å². The van der Waals surface area contributed by atoms with Crippen LogP contribution in [0, 0.1) is 0 Å². The van der Waals surface area contributed by atoms with Gasteiger partial charge in [0, 0.05) is 0 Å². The van der Waals surface area contributed by atoms with Gasteiger partial charge in [0.2, 0.25) is 0 Å². The topological polar surface area (TPSA) is 6.48 Å². The number of fused-ring (bicyclic) bond motifs is 1. The zero-order valence-corrected chi connectivity index (χ0v) is 6.17. The largest absolute Gasteiger partial charge is 0.220 e. The van der Waals surface area contributed by atoms with Crippen LogP contribution in [-0.4, -0.2) is 33.5 Å². The maximum absolute atomic E-state index is 2.40. The molecule has 2 fully saturated rings. The fourth-order valence-corrected chi connectivity index (χ4v) is 3.16. The summed E-state index contributed by atoms with van der Waals surface area (Å²) in [4.78, 5) is 0. The molecule has 4 heteroatoms. The summed E-state index contributed by atoms with van der Waals surface area (Å²) in [5.41, 5.74) is 0. The molecule has 0 bridgehead atoms. The summed E-state index contributed by atoms with van der Waals surface area (Å²) < 4.78 is 0. The Morgan fingerprint density at radius 2 is 1.12 bits per heavy atom. The van der Waals surface area contributed by atoms with Crippen molar-refractivity contribution in [2.24, 2.45) is 0 Å². The molecule has 8 heavy (non-hydrogen) atoms. The highest BCUT2D eigenvalue weighted by atomic mass is 32.2. The SMILES string of the molecule is C1SCN2CSCN12. The predicted molar refractivity (Wildman–Crippen MR) is 38.3 cm³/mol. The average Bonchev–Trinajstić information content (AvgIpc) is 2.15. The minimum absolute atomic E-state index is 1.22. The predicted octanol–water partition coefficient (Wildman–Crippen LogP) is 0.829. The summed E-state index contributed by atoms with van der Waals surface area (Å²) in [6.45, 7) is 0. The lowest BCUT2D eigenvalue weighted by molar-refractivity contribution is 0.0894. The van der Waals surface area contributed by atoms with Crippen molar-refractivity contribution >= 4 is 23.5 Å². The molecule has 2 rings (SSSR count). The zero-order valence-electron chi connectivity index (χ0n) is 4.54. The lowest BCUT2D eigenvalue weighted by Crippen LogP contribution is -2.28. The second kappa shape index (κ2) is 2.10. The van der Waals surface area contributed by atoms with E-state index in [4.69, 9.17) is 0 Å². The highest BCUT2D eigenvalue weighted by Crippen LogP contribution is 2.28. The smallest absolute Gasteiger partial charge is 0.0613 e. The lowest BCUT2D eigenvalue weighted by atomic mass is 11.0. The molecule has 2 nitrogen and oxygen atoms in total. The fourth-order valence-electron chi connectivity index (χ4n) is 0.904. The molecule has 0 aromatic carbocycles. The molecule has 0 aromatic rings. The van der Waals surface area contributed by atoms with Crippen LogP contribution >= 0.6 is 23.5 Å². The zero-order chi connectivity index (χ0) is 5.40. The summed E-state index contributed by atoms with van der Waals surface area (Å²) in [6.07, 6.45) is 0. The van der Waals surface area contributed by atoms with Crippen molar-refractivity contribution in [3.63, 3.8) is 0 Å². The first-order valence-electron chi connectivity index (χ1n) is 2.62.